The van der Waals surface area contributed by atoms with E-state index in [2.05, 4.69) is 15.4 Å². The summed E-state index contributed by atoms with van der Waals surface area (Å²) < 4.78 is 42.9. The van der Waals surface area contributed by atoms with Gasteiger partial charge in [-0.3, -0.25) is 10.1 Å². The molecule has 1 amide bonds. The maximum absolute atomic E-state index is 12.8. The van der Waals surface area contributed by atoms with E-state index in [0.717, 1.165) is 18.2 Å². The van der Waals surface area contributed by atoms with Crippen molar-refractivity contribution in [2.24, 2.45) is 0 Å². The highest BCUT2D eigenvalue weighted by Gasteiger charge is 2.31. The fourth-order valence-corrected chi connectivity index (χ4v) is 2.37. The Bertz CT molecular complexity index is 886. The van der Waals surface area contributed by atoms with Gasteiger partial charge in [-0.2, -0.15) is 13.2 Å². The zero-order valence-corrected chi connectivity index (χ0v) is 15.3. The van der Waals surface area contributed by atoms with Gasteiger partial charge in [-0.05, 0) is 54.7 Å². The van der Waals surface area contributed by atoms with Crippen LogP contribution in [0.25, 0.3) is 0 Å². The molecule has 10 heteroatoms. The van der Waals surface area contributed by atoms with Crippen molar-refractivity contribution in [1.29, 1.82) is 0 Å². The van der Waals surface area contributed by atoms with E-state index in [1.54, 1.807) is 0 Å². The van der Waals surface area contributed by atoms with Crippen LogP contribution in [0.3, 0.4) is 0 Å². The Balaban J connectivity index is 2.07. The number of nitrogens with one attached hydrogen (secondary N) is 2. The lowest BCUT2D eigenvalue weighted by Crippen LogP contribution is -2.34. The van der Waals surface area contributed by atoms with Crippen molar-refractivity contribution < 1.29 is 27.5 Å². The predicted molar refractivity (Wildman–Crippen MR) is 97.9 cm³/mol. The van der Waals surface area contributed by atoms with Crippen LogP contribution in [-0.2, 0) is 10.9 Å². The highest BCUT2D eigenvalue weighted by atomic mass is 35.5. The number of thiocarbonyl (C=S) groups is 1. The van der Waals surface area contributed by atoms with E-state index < -0.39 is 23.6 Å². The van der Waals surface area contributed by atoms with Gasteiger partial charge in [0.1, 0.15) is 0 Å². The molecule has 2 N–H and O–H groups in total. The number of rotatable bonds is 3. The number of benzene rings is 2. The number of alkyl halides is 3. The van der Waals surface area contributed by atoms with Crippen LogP contribution in [0.2, 0.25) is 5.02 Å². The molecule has 0 aromatic heterocycles. The lowest BCUT2D eigenvalue weighted by atomic mass is 10.1. The first-order valence-electron chi connectivity index (χ1n) is 7.29. The van der Waals surface area contributed by atoms with Gasteiger partial charge in [0.25, 0.3) is 5.91 Å². The summed E-state index contributed by atoms with van der Waals surface area (Å²) in [6, 6.07) is 8.22. The molecule has 0 atom stereocenters. The standard InChI is InChI=1S/C17H12ClF3N2O3S/c1-26-15(25)10-4-2-9(3-5-10)14(24)23-16(27)22-13-8-11(17(19,20)21)6-7-12(13)18/h2-8H,1H3,(H2,22,23,24,27). The second-order valence-electron chi connectivity index (χ2n) is 5.17. The summed E-state index contributed by atoms with van der Waals surface area (Å²) in [5.74, 6) is -1.18. The summed E-state index contributed by atoms with van der Waals surface area (Å²) in [6.07, 6.45) is -4.55. The van der Waals surface area contributed by atoms with Crippen molar-refractivity contribution in [2.45, 2.75) is 6.18 Å². The lowest BCUT2D eigenvalue weighted by molar-refractivity contribution is -0.137. The van der Waals surface area contributed by atoms with Crippen LogP contribution < -0.4 is 10.6 Å². The van der Waals surface area contributed by atoms with Crippen LogP contribution >= 0.6 is 23.8 Å². The Morgan fingerprint density at radius 2 is 1.67 bits per heavy atom. The van der Waals surface area contributed by atoms with Crippen LogP contribution in [0.1, 0.15) is 26.3 Å². The number of amides is 1. The van der Waals surface area contributed by atoms with Gasteiger partial charge in [-0.25, -0.2) is 4.79 Å². The van der Waals surface area contributed by atoms with E-state index in [1.165, 1.54) is 31.4 Å². The van der Waals surface area contributed by atoms with Crippen molar-refractivity contribution in [1.82, 2.24) is 5.32 Å². The van der Waals surface area contributed by atoms with Gasteiger partial charge in [0, 0.05) is 5.56 Å². The number of ether oxygens (including phenoxy) is 1. The molecule has 0 aliphatic carbocycles. The van der Waals surface area contributed by atoms with Crippen LogP contribution in [-0.4, -0.2) is 24.1 Å². The zero-order valence-electron chi connectivity index (χ0n) is 13.7. The van der Waals surface area contributed by atoms with Crippen LogP contribution in [0.5, 0.6) is 0 Å². The van der Waals surface area contributed by atoms with Crippen LogP contribution in [0, 0.1) is 0 Å². The van der Waals surface area contributed by atoms with Gasteiger partial charge in [-0.15, -0.1) is 0 Å². The highest BCUT2D eigenvalue weighted by Crippen LogP contribution is 2.33. The molecule has 0 radical (unpaired) electrons. The second kappa shape index (κ2) is 8.36. The monoisotopic (exact) mass is 416 g/mol. The molecule has 2 aromatic rings. The molecule has 0 fully saturated rings. The van der Waals surface area contributed by atoms with Gasteiger partial charge < -0.3 is 10.1 Å². The predicted octanol–water partition coefficient (Wildman–Crippen LogP) is 4.27. The van der Waals surface area contributed by atoms with Crippen LogP contribution in [0.15, 0.2) is 42.5 Å². The molecule has 0 saturated carbocycles. The molecule has 142 valence electrons. The molecule has 0 aliphatic heterocycles. The first kappa shape index (κ1) is 20.7. The molecule has 27 heavy (non-hydrogen) atoms. The van der Waals surface area contributed by atoms with Crippen molar-refractivity contribution in [3.8, 4) is 0 Å². The topological polar surface area (TPSA) is 67.4 Å². The second-order valence-corrected chi connectivity index (χ2v) is 5.99. The molecule has 0 unspecified atom stereocenters. The van der Waals surface area contributed by atoms with Crippen molar-refractivity contribution in [3.63, 3.8) is 0 Å². The van der Waals surface area contributed by atoms with Gasteiger partial charge >= 0.3 is 12.1 Å². The number of methoxy groups -OCH3 is 1. The molecule has 0 saturated heterocycles. The van der Waals surface area contributed by atoms with E-state index in [-0.39, 0.29) is 26.9 Å². The summed E-state index contributed by atoms with van der Waals surface area (Å²) in [5.41, 5.74) is -0.577. The molecule has 0 aliphatic rings. The number of esters is 1. The van der Waals surface area contributed by atoms with Crippen molar-refractivity contribution in [3.05, 3.63) is 64.2 Å². The molecule has 2 rings (SSSR count). The third kappa shape index (κ3) is 5.41. The molecule has 2 aromatic carbocycles. The maximum atomic E-state index is 12.8. The number of hydrogen-bond acceptors (Lipinski definition) is 4. The first-order chi connectivity index (χ1) is 12.6. The molecule has 0 spiro atoms. The third-order valence-corrected chi connectivity index (χ3v) is 3.87. The van der Waals surface area contributed by atoms with Gasteiger partial charge in [-0.1, -0.05) is 11.6 Å². The molecular weight excluding hydrogens is 405 g/mol. The normalized spacial score (nSPS) is 10.9. The fraction of sp³-hybridized carbons (Fsp3) is 0.118. The number of carbonyl (C=O) groups excluding carboxylic acids is 2. The van der Waals surface area contributed by atoms with Crippen molar-refractivity contribution in [2.75, 3.05) is 12.4 Å². The Morgan fingerprint density at radius 3 is 2.22 bits per heavy atom. The van der Waals surface area contributed by atoms with E-state index in [4.69, 9.17) is 23.8 Å². The smallest absolute Gasteiger partial charge is 0.416 e. The van der Waals surface area contributed by atoms with E-state index in [9.17, 15) is 22.8 Å². The zero-order chi connectivity index (χ0) is 20.2. The Labute approximate surface area is 162 Å². The van der Waals surface area contributed by atoms with Gasteiger partial charge in [0.05, 0.1) is 28.9 Å². The quantitative estimate of drug-likeness (QED) is 0.577. The minimum absolute atomic E-state index is 0.00188. The summed E-state index contributed by atoms with van der Waals surface area (Å²) in [4.78, 5) is 23.5. The Kier molecular flexibility index (Phi) is 6.40. The van der Waals surface area contributed by atoms with Crippen LogP contribution in [0.4, 0.5) is 18.9 Å². The Hall–Kier alpha value is -2.65. The average Bonchev–Trinajstić information content (AvgIpc) is 2.62. The summed E-state index contributed by atoms with van der Waals surface area (Å²) in [7, 11) is 1.23. The highest BCUT2D eigenvalue weighted by molar-refractivity contribution is 7.80. The van der Waals surface area contributed by atoms with Gasteiger partial charge in [0.2, 0.25) is 0 Å². The number of halogens is 4. The van der Waals surface area contributed by atoms with E-state index in [1.807, 2.05) is 0 Å². The number of anilines is 1. The minimum atomic E-state index is -4.55. The average molecular weight is 417 g/mol. The van der Waals surface area contributed by atoms with E-state index in [0.29, 0.717) is 0 Å². The number of carbonyl (C=O) groups is 2. The van der Waals surface area contributed by atoms with E-state index >= 15 is 0 Å². The summed E-state index contributed by atoms with van der Waals surface area (Å²) in [5, 5.41) is 4.54. The Morgan fingerprint density at radius 1 is 1.07 bits per heavy atom. The van der Waals surface area contributed by atoms with Crippen molar-refractivity contribution >= 4 is 46.5 Å². The molecular formula is C17H12ClF3N2O3S. The summed E-state index contributed by atoms with van der Waals surface area (Å²) >= 11 is 10.8. The summed E-state index contributed by atoms with van der Waals surface area (Å²) in [6.45, 7) is 0. The molecule has 0 bridgehead atoms. The third-order valence-electron chi connectivity index (χ3n) is 3.34. The van der Waals surface area contributed by atoms with Gasteiger partial charge in [0.15, 0.2) is 5.11 Å². The SMILES string of the molecule is COC(=O)c1ccc(C(=O)NC(=S)Nc2cc(C(F)(F)F)ccc2Cl)cc1. The maximum Gasteiger partial charge on any atom is 0.416 e. The number of hydrogen-bond donors (Lipinski definition) is 2. The minimum Gasteiger partial charge on any atom is -0.465 e. The first-order valence-corrected chi connectivity index (χ1v) is 8.08. The fourth-order valence-electron chi connectivity index (χ4n) is 2.00. The largest absolute Gasteiger partial charge is 0.465 e. The lowest BCUT2D eigenvalue weighted by Gasteiger charge is -2.13. The molecule has 0 heterocycles. The molecule has 5 nitrogen and oxygen atoms in total.